The molecule has 3 nitrogen and oxygen atoms in total. The predicted octanol–water partition coefficient (Wildman–Crippen LogP) is 3.87. The molecule has 0 atom stereocenters. The molecule has 0 aliphatic carbocycles. The summed E-state index contributed by atoms with van der Waals surface area (Å²) in [5, 5.41) is 5.42. The lowest BCUT2D eigenvalue weighted by molar-refractivity contribution is 1.36. The van der Waals surface area contributed by atoms with Gasteiger partial charge in [-0.05, 0) is 31.2 Å². The van der Waals surface area contributed by atoms with E-state index in [1.54, 1.807) is 6.20 Å². The molecule has 19 heavy (non-hydrogen) atoms. The van der Waals surface area contributed by atoms with Crippen LogP contribution in [-0.2, 0) is 0 Å². The Bertz CT molecular complexity index is 718. The maximum absolute atomic E-state index is 6.21. The molecule has 0 spiro atoms. The topological polar surface area (TPSA) is 50.9 Å². The van der Waals surface area contributed by atoms with E-state index in [1.165, 1.54) is 5.56 Å². The van der Waals surface area contributed by atoms with Gasteiger partial charge in [0, 0.05) is 28.9 Å². The number of nitrogens with zero attached hydrogens (tertiary/aromatic N) is 1. The number of hydrogen-bond donors (Lipinski definition) is 2. The van der Waals surface area contributed by atoms with Gasteiger partial charge in [-0.2, -0.15) is 0 Å². The highest BCUT2D eigenvalue weighted by Gasteiger charge is 2.04. The van der Waals surface area contributed by atoms with Crippen LogP contribution in [-0.4, -0.2) is 4.98 Å². The minimum atomic E-state index is 0.750. The first kappa shape index (κ1) is 11.5. The minimum absolute atomic E-state index is 0.750. The minimum Gasteiger partial charge on any atom is -0.397 e. The number of fused-ring (bicyclic) bond motifs is 1. The number of nitrogen functional groups attached to an aromatic ring is 1. The molecule has 0 saturated carbocycles. The van der Waals surface area contributed by atoms with Crippen LogP contribution >= 0.6 is 0 Å². The lowest BCUT2D eigenvalue weighted by Crippen LogP contribution is -1.97. The second kappa shape index (κ2) is 4.61. The van der Waals surface area contributed by atoms with Crippen LogP contribution in [0.5, 0.6) is 0 Å². The molecule has 3 rings (SSSR count). The average molecular weight is 249 g/mol. The van der Waals surface area contributed by atoms with Crippen molar-refractivity contribution in [2.75, 3.05) is 11.1 Å². The fourth-order valence-corrected chi connectivity index (χ4v) is 2.09. The van der Waals surface area contributed by atoms with E-state index in [0.29, 0.717) is 0 Å². The third-order valence-corrected chi connectivity index (χ3v) is 3.19. The van der Waals surface area contributed by atoms with Gasteiger partial charge in [0.05, 0.1) is 11.4 Å². The van der Waals surface area contributed by atoms with E-state index >= 15 is 0 Å². The van der Waals surface area contributed by atoms with Crippen LogP contribution in [0.25, 0.3) is 10.8 Å². The van der Waals surface area contributed by atoms with E-state index in [1.807, 2.05) is 36.5 Å². The first-order valence-electron chi connectivity index (χ1n) is 6.20. The van der Waals surface area contributed by atoms with Gasteiger partial charge in [-0.1, -0.05) is 23.8 Å². The molecule has 0 bridgehead atoms. The number of aromatic nitrogens is 1. The second-order valence-electron chi connectivity index (χ2n) is 4.61. The summed E-state index contributed by atoms with van der Waals surface area (Å²) < 4.78 is 0. The van der Waals surface area contributed by atoms with Gasteiger partial charge in [0.1, 0.15) is 0 Å². The van der Waals surface area contributed by atoms with Gasteiger partial charge in [0.25, 0.3) is 0 Å². The highest BCUT2D eigenvalue weighted by Crippen LogP contribution is 2.30. The molecule has 0 unspecified atom stereocenters. The zero-order chi connectivity index (χ0) is 13.2. The van der Waals surface area contributed by atoms with Gasteiger partial charge < -0.3 is 11.1 Å². The summed E-state index contributed by atoms with van der Waals surface area (Å²) in [5.74, 6) is 0. The van der Waals surface area contributed by atoms with Gasteiger partial charge in [-0.3, -0.25) is 4.98 Å². The molecular formula is C16H15N3. The number of anilines is 3. The van der Waals surface area contributed by atoms with E-state index < -0.39 is 0 Å². The van der Waals surface area contributed by atoms with Crippen molar-refractivity contribution in [3.05, 3.63) is 60.4 Å². The summed E-state index contributed by atoms with van der Waals surface area (Å²) in [6.07, 6.45) is 3.58. The zero-order valence-corrected chi connectivity index (χ0v) is 10.7. The Morgan fingerprint density at radius 3 is 2.58 bits per heavy atom. The van der Waals surface area contributed by atoms with Crippen LogP contribution in [0.15, 0.2) is 54.9 Å². The van der Waals surface area contributed by atoms with Gasteiger partial charge >= 0.3 is 0 Å². The quantitative estimate of drug-likeness (QED) is 0.678. The van der Waals surface area contributed by atoms with Crippen LogP contribution in [0.1, 0.15) is 5.56 Å². The first-order chi connectivity index (χ1) is 9.24. The average Bonchev–Trinajstić information content (AvgIpc) is 2.45. The fourth-order valence-electron chi connectivity index (χ4n) is 2.09. The van der Waals surface area contributed by atoms with Crippen LogP contribution in [0.2, 0.25) is 0 Å². The zero-order valence-electron chi connectivity index (χ0n) is 10.7. The third kappa shape index (κ3) is 2.22. The standard InChI is InChI=1S/C16H15N3/c1-11-2-5-13(6-3-11)19-15-7-4-12-10-18-9-8-14(12)16(15)17/h2-10,19H,17H2,1H3. The van der Waals surface area contributed by atoms with Crippen molar-refractivity contribution in [2.24, 2.45) is 0 Å². The number of pyridine rings is 1. The van der Waals surface area contributed by atoms with Gasteiger partial charge in [-0.15, -0.1) is 0 Å². The molecular weight excluding hydrogens is 234 g/mol. The Kier molecular flexibility index (Phi) is 2.80. The van der Waals surface area contributed by atoms with Crippen LogP contribution in [0.3, 0.4) is 0 Å². The Morgan fingerprint density at radius 2 is 1.79 bits per heavy atom. The van der Waals surface area contributed by atoms with Crippen LogP contribution in [0.4, 0.5) is 17.1 Å². The van der Waals surface area contributed by atoms with Gasteiger partial charge in [0.2, 0.25) is 0 Å². The molecule has 0 aliphatic rings. The van der Waals surface area contributed by atoms with E-state index in [9.17, 15) is 0 Å². The highest BCUT2D eigenvalue weighted by molar-refractivity contribution is 5.99. The number of aryl methyl sites for hydroxylation is 1. The molecule has 3 heteroatoms. The highest BCUT2D eigenvalue weighted by atomic mass is 14.9. The summed E-state index contributed by atoms with van der Waals surface area (Å²) in [6.45, 7) is 2.07. The number of nitrogens with two attached hydrogens (primary N) is 1. The molecule has 0 radical (unpaired) electrons. The monoisotopic (exact) mass is 249 g/mol. The molecule has 0 aliphatic heterocycles. The maximum Gasteiger partial charge on any atom is 0.0634 e. The van der Waals surface area contributed by atoms with Crippen molar-refractivity contribution in [2.45, 2.75) is 6.92 Å². The van der Waals surface area contributed by atoms with Crippen molar-refractivity contribution in [3.8, 4) is 0 Å². The van der Waals surface area contributed by atoms with Crippen molar-refractivity contribution in [1.82, 2.24) is 4.98 Å². The van der Waals surface area contributed by atoms with E-state index in [-0.39, 0.29) is 0 Å². The predicted molar refractivity (Wildman–Crippen MR) is 80.6 cm³/mol. The molecule has 3 aromatic rings. The van der Waals surface area contributed by atoms with Crippen molar-refractivity contribution in [3.63, 3.8) is 0 Å². The second-order valence-corrected chi connectivity index (χ2v) is 4.61. The Hall–Kier alpha value is -2.55. The molecule has 94 valence electrons. The Labute approximate surface area is 112 Å². The number of hydrogen-bond acceptors (Lipinski definition) is 3. The molecule has 2 aromatic carbocycles. The first-order valence-corrected chi connectivity index (χ1v) is 6.20. The van der Waals surface area contributed by atoms with E-state index in [0.717, 1.165) is 27.8 Å². The number of nitrogens with one attached hydrogen (secondary N) is 1. The summed E-state index contributed by atoms with van der Waals surface area (Å²) in [4.78, 5) is 4.10. The number of benzene rings is 2. The smallest absolute Gasteiger partial charge is 0.0634 e. The summed E-state index contributed by atoms with van der Waals surface area (Å²) in [7, 11) is 0. The van der Waals surface area contributed by atoms with Crippen LogP contribution in [0, 0.1) is 6.92 Å². The molecule has 0 amide bonds. The normalized spacial score (nSPS) is 10.6. The number of rotatable bonds is 2. The van der Waals surface area contributed by atoms with Gasteiger partial charge in [-0.25, -0.2) is 0 Å². The van der Waals surface area contributed by atoms with Gasteiger partial charge in [0.15, 0.2) is 0 Å². The molecule has 0 fully saturated rings. The van der Waals surface area contributed by atoms with Crippen molar-refractivity contribution >= 4 is 27.8 Å². The van der Waals surface area contributed by atoms with Crippen molar-refractivity contribution in [1.29, 1.82) is 0 Å². The molecule has 3 N–H and O–H groups in total. The lowest BCUT2D eigenvalue weighted by Gasteiger charge is -2.11. The SMILES string of the molecule is Cc1ccc(Nc2ccc3cnccc3c2N)cc1. The third-order valence-electron chi connectivity index (χ3n) is 3.19. The summed E-state index contributed by atoms with van der Waals surface area (Å²) in [5.41, 5.74) is 10.1. The largest absolute Gasteiger partial charge is 0.397 e. The Morgan fingerprint density at radius 1 is 1.00 bits per heavy atom. The summed E-state index contributed by atoms with van der Waals surface area (Å²) >= 11 is 0. The molecule has 1 heterocycles. The molecule has 0 saturated heterocycles. The van der Waals surface area contributed by atoms with E-state index in [4.69, 9.17) is 5.73 Å². The fraction of sp³-hybridized carbons (Fsp3) is 0.0625. The Balaban J connectivity index is 2.01. The van der Waals surface area contributed by atoms with E-state index in [2.05, 4.69) is 29.4 Å². The maximum atomic E-state index is 6.21. The lowest BCUT2D eigenvalue weighted by atomic mass is 10.1. The summed E-state index contributed by atoms with van der Waals surface area (Å²) in [6, 6.07) is 14.2. The van der Waals surface area contributed by atoms with Crippen LogP contribution < -0.4 is 11.1 Å². The van der Waals surface area contributed by atoms with Crippen molar-refractivity contribution < 1.29 is 0 Å². The molecule has 1 aromatic heterocycles.